The zero-order chi connectivity index (χ0) is 19.5. The summed E-state index contributed by atoms with van der Waals surface area (Å²) in [7, 11) is 0. The highest BCUT2D eigenvalue weighted by Gasteiger charge is 2.11. The maximum atomic E-state index is 12.1. The molecule has 0 unspecified atom stereocenters. The Labute approximate surface area is 158 Å². The highest BCUT2D eigenvalue weighted by Crippen LogP contribution is 2.25. The van der Waals surface area contributed by atoms with Crippen molar-refractivity contribution in [3.05, 3.63) is 71.0 Å². The average Bonchev–Trinajstić information content (AvgIpc) is 3.34. The molecule has 0 fully saturated rings. The number of aryl methyl sites for hydroxylation is 1. The molecule has 9 nitrogen and oxygen atoms in total. The molecule has 0 radical (unpaired) electrons. The normalized spacial score (nSPS) is 10.9. The number of benzene rings is 2. The van der Waals surface area contributed by atoms with E-state index in [1.54, 1.807) is 12.1 Å². The molecule has 0 saturated carbocycles. The monoisotopic (exact) mass is 377 g/mol. The van der Waals surface area contributed by atoms with Crippen molar-refractivity contribution in [2.45, 2.75) is 13.0 Å². The lowest BCUT2D eigenvalue weighted by Crippen LogP contribution is -2.14. The van der Waals surface area contributed by atoms with Gasteiger partial charge in [0, 0.05) is 24.2 Å². The molecule has 1 N–H and O–H groups in total. The van der Waals surface area contributed by atoms with Crippen LogP contribution in [0.3, 0.4) is 0 Å². The number of carbonyl (C=O) groups is 1. The van der Waals surface area contributed by atoms with Crippen LogP contribution in [0, 0.1) is 10.1 Å². The standard InChI is InChI=1S/C19H15N5O4/c25-18(9-10-23-12-15(11-20-23)24(26)27)21-14-7-5-13(6-8-14)19-22-16-3-1-2-4-17(16)28-19/h1-8,11-12H,9-10H2,(H,21,25). The van der Waals surface area contributed by atoms with E-state index in [2.05, 4.69) is 15.4 Å². The summed E-state index contributed by atoms with van der Waals surface area (Å²) in [4.78, 5) is 26.6. The lowest BCUT2D eigenvalue weighted by atomic mass is 10.2. The van der Waals surface area contributed by atoms with Crippen molar-refractivity contribution in [1.29, 1.82) is 0 Å². The number of nitrogens with one attached hydrogen (secondary N) is 1. The zero-order valence-electron chi connectivity index (χ0n) is 14.6. The van der Waals surface area contributed by atoms with Crippen LogP contribution < -0.4 is 5.32 Å². The second kappa shape index (κ2) is 7.31. The van der Waals surface area contributed by atoms with E-state index in [0.29, 0.717) is 17.2 Å². The largest absolute Gasteiger partial charge is 0.436 e. The van der Waals surface area contributed by atoms with Crippen molar-refractivity contribution < 1.29 is 14.1 Å². The number of para-hydroxylation sites is 2. The average molecular weight is 377 g/mol. The summed E-state index contributed by atoms with van der Waals surface area (Å²) in [5.74, 6) is 0.298. The van der Waals surface area contributed by atoms with E-state index in [4.69, 9.17) is 4.42 Å². The minimum atomic E-state index is -0.526. The van der Waals surface area contributed by atoms with Gasteiger partial charge in [0.25, 0.3) is 0 Å². The number of rotatable bonds is 6. The molecule has 2 aromatic carbocycles. The molecule has 28 heavy (non-hydrogen) atoms. The Morgan fingerprint density at radius 1 is 1.18 bits per heavy atom. The van der Waals surface area contributed by atoms with Crippen LogP contribution in [0.1, 0.15) is 6.42 Å². The number of hydrogen-bond acceptors (Lipinski definition) is 6. The molecule has 0 aliphatic carbocycles. The maximum Gasteiger partial charge on any atom is 0.306 e. The summed E-state index contributed by atoms with van der Waals surface area (Å²) in [6, 6.07) is 14.7. The molecule has 4 rings (SSSR count). The number of anilines is 1. The van der Waals surface area contributed by atoms with Crippen LogP contribution >= 0.6 is 0 Å². The number of fused-ring (bicyclic) bond motifs is 1. The van der Waals surface area contributed by atoms with E-state index < -0.39 is 4.92 Å². The van der Waals surface area contributed by atoms with Gasteiger partial charge in [-0.3, -0.25) is 19.6 Å². The first-order valence-corrected chi connectivity index (χ1v) is 8.51. The molecule has 0 aliphatic heterocycles. The van der Waals surface area contributed by atoms with Gasteiger partial charge < -0.3 is 9.73 Å². The number of hydrogen-bond donors (Lipinski definition) is 1. The molecule has 2 heterocycles. The Morgan fingerprint density at radius 3 is 2.68 bits per heavy atom. The molecule has 140 valence electrons. The van der Waals surface area contributed by atoms with E-state index >= 15 is 0 Å². The minimum Gasteiger partial charge on any atom is -0.436 e. The molecule has 9 heteroatoms. The zero-order valence-corrected chi connectivity index (χ0v) is 14.6. The van der Waals surface area contributed by atoms with E-state index in [0.717, 1.165) is 17.3 Å². The summed E-state index contributed by atoms with van der Waals surface area (Å²) in [6.07, 6.45) is 2.59. The van der Waals surface area contributed by atoms with Crippen LogP contribution in [0.4, 0.5) is 11.4 Å². The molecule has 0 spiro atoms. The highest BCUT2D eigenvalue weighted by atomic mass is 16.6. The summed E-state index contributed by atoms with van der Waals surface area (Å²) >= 11 is 0. The van der Waals surface area contributed by atoms with Gasteiger partial charge in [0.05, 0.1) is 4.92 Å². The SMILES string of the molecule is O=C(CCn1cc([N+](=O)[O-])cn1)Nc1ccc(-c2nc3ccccc3o2)cc1. The Morgan fingerprint density at radius 2 is 1.96 bits per heavy atom. The fraction of sp³-hybridized carbons (Fsp3) is 0.105. The van der Waals surface area contributed by atoms with Crippen LogP contribution in [0.25, 0.3) is 22.6 Å². The van der Waals surface area contributed by atoms with Crippen LogP contribution in [0.5, 0.6) is 0 Å². The first-order valence-electron chi connectivity index (χ1n) is 8.51. The Kier molecular flexibility index (Phi) is 4.55. The second-order valence-corrected chi connectivity index (χ2v) is 6.08. The third kappa shape index (κ3) is 3.73. The predicted molar refractivity (Wildman–Crippen MR) is 102 cm³/mol. The van der Waals surface area contributed by atoms with Gasteiger partial charge in [0.1, 0.15) is 17.9 Å². The lowest BCUT2D eigenvalue weighted by molar-refractivity contribution is -0.385. The van der Waals surface area contributed by atoms with Crippen LogP contribution in [0.15, 0.2) is 65.3 Å². The molecule has 2 aromatic heterocycles. The smallest absolute Gasteiger partial charge is 0.306 e. The van der Waals surface area contributed by atoms with Gasteiger partial charge in [-0.25, -0.2) is 4.98 Å². The van der Waals surface area contributed by atoms with Gasteiger partial charge in [-0.1, -0.05) is 12.1 Å². The molecule has 1 amide bonds. The predicted octanol–water partition coefficient (Wildman–Crippen LogP) is 3.63. The Balaban J connectivity index is 1.37. The van der Waals surface area contributed by atoms with Gasteiger partial charge in [-0.15, -0.1) is 0 Å². The molecule has 0 atom stereocenters. The van der Waals surface area contributed by atoms with Crippen molar-refractivity contribution >= 4 is 28.4 Å². The quantitative estimate of drug-likeness (QED) is 0.405. The van der Waals surface area contributed by atoms with Crippen LogP contribution in [0.2, 0.25) is 0 Å². The number of nitrogens with zero attached hydrogens (tertiary/aromatic N) is 4. The van der Waals surface area contributed by atoms with Crippen molar-refractivity contribution in [2.24, 2.45) is 0 Å². The van der Waals surface area contributed by atoms with E-state index in [9.17, 15) is 14.9 Å². The van der Waals surface area contributed by atoms with Crippen molar-refractivity contribution in [2.75, 3.05) is 5.32 Å². The summed E-state index contributed by atoms with van der Waals surface area (Å²) in [5, 5.41) is 17.3. The fourth-order valence-electron chi connectivity index (χ4n) is 2.70. The van der Waals surface area contributed by atoms with E-state index in [1.807, 2.05) is 36.4 Å². The summed E-state index contributed by atoms with van der Waals surface area (Å²) in [6.45, 7) is 0.251. The number of carbonyl (C=O) groups excluding carboxylic acids is 1. The van der Waals surface area contributed by atoms with Crippen molar-refractivity contribution in [3.8, 4) is 11.5 Å². The van der Waals surface area contributed by atoms with E-state index in [-0.39, 0.29) is 24.6 Å². The Bertz CT molecular complexity index is 1110. The van der Waals surface area contributed by atoms with Gasteiger partial charge in [0.2, 0.25) is 11.8 Å². The molecule has 0 bridgehead atoms. The maximum absolute atomic E-state index is 12.1. The van der Waals surface area contributed by atoms with Crippen LogP contribution in [-0.4, -0.2) is 25.6 Å². The Hall–Kier alpha value is -4.01. The number of amides is 1. The van der Waals surface area contributed by atoms with Crippen molar-refractivity contribution in [1.82, 2.24) is 14.8 Å². The number of nitro groups is 1. The first kappa shape index (κ1) is 17.4. The van der Waals surface area contributed by atoms with Gasteiger partial charge in [0.15, 0.2) is 5.58 Å². The van der Waals surface area contributed by atoms with Gasteiger partial charge in [-0.2, -0.15) is 5.10 Å². The minimum absolute atomic E-state index is 0.102. The summed E-state index contributed by atoms with van der Waals surface area (Å²) < 4.78 is 7.09. The van der Waals surface area contributed by atoms with Crippen molar-refractivity contribution in [3.63, 3.8) is 0 Å². The third-order valence-corrected chi connectivity index (χ3v) is 4.11. The first-order chi connectivity index (χ1) is 13.6. The molecule has 0 aliphatic rings. The molecule has 0 saturated heterocycles. The highest BCUT2D eigenvalue weighted by molar-refractivity contribution is 5.90. The van der Waals surface area contributed by atoms with Gasteiger partial charge >= 0.3 is 5.69 Å². The molecule has 4 aromatic rings. The number of aromatic nitrogens is 3. The van der Waals surface area contributed by atoms with Gasteiger partial charge in [-0.05, 0) is 36.4 Å². The topological polar surface area (TPSA) is 116 Å². The second-order valence-electron chi connectivity index (χ2n) is 6.08. The lowest BCUT2D eigenvalue weighted by Gasteiger charge is -2.06. The van der Waals surface area contributed by atoms with E-state index in [1.165, 1.54) is 10.9 Å². The molecular weight excluding hydrogens is 362 g/mol. The summed E-state index contributed by atoms with van der Waals surface area (Å²) in [5.41, 5.74) is 2.84. The number of oxazole rings is 1. The van der Waals surface area contributed by atoms with Crippen LogP contribution in [-0.2, 0) is 11.3 Å². The fourth-order valence-corrected chi connectivity index (χ4v) is 2.70. The molecular formula is C19H15N5O4. The third-order valence-electron chi connectivity index (χ3n) is 4.11.